The maximum absolute atomic E-state index is 13.7. The third kappa shape index (κ3) is 3.96. The maximum Gasteiger partial charge on any atom is 0.231 e. The van der Waals surface area contributed by atoms with Crippen LogP contribution in [-0.2, 0) is 17.6 Å². The van der Waals surface area contributed by atoms with Gasteiger partial charge < -0.3 is 16.0 Å². The molecule has 0 aliphatic carbocycles. The van der Waals surface area contributed by atoms with Crippen molar-refractivity contribution in [1.82, 2.24) is 9.97 Å². The highest BCUT2D eigenvalue weighted by atomic mass is 19.1. The number of nitrogens with one attached hydrogen (secondary N) is 2. The zero-order valence-corrected chi connectivity index (χ0v) is 17.4. The molecule has 4 N–H and O–H groups in total. The number of rotatable bonds is 5. The number of hydrogen-bond acceptors (Lipinski definition) is 6. The lowest BCUT2D eigenvalue weighted by Crippen LogP contribution is -2.30. The van der Waals surface area contributed by atoms with Crippen LogP contribution in [0.3, 0.4) is 0 Å². The maximum atomic E-state index is 13.7. The molecule has 31 heavy (non-hydrogen) atoms. The Balaban J connectivity index is 1.58. The third-order valence-corrected chi connectivity index (χ3v) is 5.39. The van der Waals surface area contributed by atoms with E-state index in [0.717, 1.165) is 16.8 Å². The summed E-state index contributed by atoms with van der Waals surface area (Å²) in [5.41, 5.74) is 10.6. The number of nitrogen functional groups attached to an aromatic ring is 1. The van der Waals surface area contributed by atoms with Gasteiger partial charge in [0.25, 0.3) is 0 Å². The standard InChI is InChI=1S/C23H23FN6O/c1-13-7-14(9-17(24)8-13)10-19(31)30-6-5-15-11-16(3-4-18(15)30)21(25)20-22(26)28-12-29-23(20)27-2/h3-4,7-9,11-12,25H,5-6,10H2,1-2H3,(H3,26,27,28,29). The molecule has 2 heterocycles. The highest BCUT2D eigenvalue weighted by molar-refractivity contribution is 6.16. The highest BCUT2D eigenvalue weighted by Crippen LogP contribution is 2.31. The summed E-state index contributed by atoms with van der Waals surface area (Å²) >= 11 is 0. The van der Waals surface area contributed by atoms with Crippen LogP contribution in [0.25, 0.3) is 0 Å². The zero-order valence-electron chi connectivity index (χ0n) is 17.4. The van der Waals surface area contributed by atoms with Crippen LogP contribution in [0.4, 0.5) is 21.7 Å². The van der Waals surface area contributed by atoms with E-state index in [0.29, 0.717) is 35.5 Å². The first-order valence-electron chi connectivity index (χ1n) is 9.94. The summed E-state index contributed by atoms with van der Waals surface area (Å²) in [6, 6.07) is 10.2. The van der Waals surface area contributed by atoms with Crippen molar-refractivity contribution in [3.63, 3.8) is 0 Å². The minimum Gasteiger partial charge on any atom is -0.383 e. The Kier molecular flexibility index (Phi) is 5.37. The van der Waals surface area contributed by atoms with Gasteiger partial charge in [0.1, 0.15) is 23.8 Å². The van der Waals surface area contributed by atoms with E-state index in [-0.39, 0.29) is 29.7 Å². The molecule has 1 aliphatic rings. The molecule has 1 aromatic heterocycles. The first-order valence-corrected chi connectivity index (χ1v) is 9.94. The molecule has 0 atom stereocenters. The lowest BCUT2D eigenvalue weighted by Gasteiger charge is -2.18. The van der Waals surface area contributed by atoms with E-state index in [4.69, 9.17) is 11.1 Å². The van der Waals surface area contributed by atoms with Gasteiger partial charge in [-0.3, -0.25) is 10.2 Å². The Morgan fingerprint density at radius 3 is 2.81 bits per heavy atom. The van der Waals surface area contributed by atoms with Crippen molar-refractivity contribution < 1.29 is 9.18 Å². The Morgan fingerprint density at radius 1 is 1.26 bits per heavy atom. The number of benzene rings is 2. The van der Waals surface area contributed by atoms with Crippen LogP contribution in [0.15, 0.2) is 42.7 Å². The van der Waals surface area contributed by atoms with Crippen LogP contribution >= 0.6 is 0 Å². The molecule has 1 aliphatic heterocycles. The minimum absolute atomic E-state index is 0.0789. The van der Waals surface area contributed by atoms with Gasteiger partial charge in [0.15, 0.2) is 0 Å². The van der Waals surface area contributed by atoms with E-state index in [1.54, 1.807) is 18.0 Å². The van der Waals surface area contributed by atoms with Crippen LogP contribution in [-0.4, -0.2) is 35.2 Å². The Bertz CT molecular complexity index is 1170. The van der Waals surface area contributed by atoms with Gasteiger partial charge in [0.2, 0.25) is 5.91 Å². The second-order valence-corrected chi connectivity index (χ2v) is 7.56. The number of anilines is 3. The molecule has 0 saturated heterocycles. The lowest BCUT2D eigenvalue weighted by molar-refractivity contribution is -0.117. The molecule has 4 rings (SSSR count). The van der Waals surface area contributed by atoms with Crippen LogP contribution in [0, 0.1) is 18.2 Å². The van der Waals surface area contributed by atoms with Gasteiger partial charge in [0, 0.05) is 24.8 Å². The Labute approximate surface area is 179 Å². The van der Waals surface area contributed by atoms with E-state index < -0.39 is 0 Å². The monoisotopic (exact) mass is 418 g/mol. The summed E-state index contributed by atoms with van der Waals surface area (Å²) in [6.07, 6.45) is 2.17. The number of aryl methyl sites for hydroxylation is 1. The van der Waals surface area contributed by atoms with Gasteiger partial charge in [0.05, 0.1) is 17.7 Å². The first kappa shape index (κ1) is 20.5. The van der Waals surface area contributed by atoms with Crippen molar-refractivity contribution >= 4 is 28.9 Å². The summed E-state index contributed by atoms with van der Waals surface area (Å²) in [7, 11) is 1.71. The average Bonchev–Trinajstić information content (AvgIpc) is 3.15. The smallest absolute Gasteiger partial charge is 0.231 e. The summed E-state index contributed by atoms with van der Waals surface area (Å²) in [5, 5.41) is 11.6. The van der Waals surface area contributed by atoms with Crippen molar-refractivity contribution in [1.29, 1.82) is 5.41 Å². The van der Waals surface area contributed by atoms with E-state index in [2.05, 4.69) is 15.3 Å². The fourth-order valence-electron chi connectivity index (χ4n) is 3.98. The molecule has 0 saturated carbocycles. The Morgan fingerprint density at radius 2 is 2.06 bits per heavy atom. The SMILES string of the molecule is CNc1ncnc(N)c1C(=N)c1ccc2c(c1)CCN2C(=O)Cc1cc(C)cc(F)c1. The topological polar surface area (TPSA) is 108 Å². The second kappa shape index (κ2) is 8.14. The number of halogens is 1. The molecule has 0 bridgehead atoms. The van der Waals surface area contributed by atoms with E-state index in [9.17, 15) is 9.18 Å². The molecule has 2 aromatic carbocycles. The number of carbonyl (C=O) groups excluding carboxylic acids is 1. The quantitative estimate of drug-likeness (QED) is 0.552. The van der Waals surface area contributed by atoms with Gasteiger partial charge in [-0.2, -0.15) is 0 Å². The molecule has 3 aromatic rings. The predicted molar refractivity (Wildman–Crippen MR) is 119 cm³/mol. The van der Waals surface area contributed by atoms with Gasteiger partial charge in [-0.05, 0) is 54.3 Å². The molecule has 158 valence electrons. The van der Waals surface area contributed by atoms with Crippen molar-refractivity contribution in [3.05, 3.63) is 76.4 Å². The largest absolute Gasteiger partial charge is 0.383 e. The number of carbonyl (C=O) groups is 1. The third-order valence-electron chi connectivity index (χ3n) is 5.39. The second-order valence-electron chi connectivity index (χ2n) is 7.56. The molecule has 0 unspecified atom stereocenters. The van der Waals surface area contributed by atoms with Gasteiger partial charge in [-0.15, -0.1) is 0 Å². The number of aromatic nitrogens is 2. The first-order chi connectivity index (χ1) is 14.9. The average molecular weight is 418 g/mol. The molecule has 0 radical (unpaired) electrons. The number of nitrogens with zero attached hydrogens (tertiary/aromatic N) is 3. The summed E-state index contributed by atoms with van der Waals surface area (Å²) in [5.74, 6) is 0.301. The van der Waals surface area contributed by atoms with E-state index in [1.807, 2.05) is 25.1 Å². The van der Waals surface area contributed by atoms with E-state index >= 15 is 0 Å². The van der Waals surface area contributed by atoms with Gasteiger partial charge >= 0.3 is 0 Å². The van der Waals surface area contributed by atoms with E-state index in [1.165, 1.54) is 18.5 Å². The summed E-state index contributed by atoms with van der Waals surface area (Å²) < 4.78 is 13.7. The van der Waals surface area contributed by atoms with Crippen LogP contribution in [0.2, 0.25) is 0 Å². The van der Waals surface area contributed by atoms with Crippen LogP contribution in [0.1, 0.15) is 27.8 Å². The van der Waals surface area contributed by atoms with Crippen molar-refractivity contribution in [3.8, 4) is 0 Å². The molecular formula is C23H23FN6O. The fraction of sp³-hybridized carbons (Fsp3) is 0.217. The normalized spacial score (nSPS) is 12.5. The number of nitrogens with two attached hydrogens (primary N) is 1. The van der Waals surface area contributed by atoms with Crippen LogP contribution in [0.5, 0.6) is 0 Å². The zero-order chi connectivity index (χ0) is 22.1. The molecule has 0 fully saturated rings. The van der Waals surface area contributed by atoms with Gasteiger partial charge in [-0.25, -0.2) is 14.4 Å². The number of amides is 1. The summed E-state index contributed by atoms with van der Waals surface area (Å²) in [6.45, 7) is 2.36. The fourth-order valence-corrected chi connectivity index (χ4v) is 3.98. The molecular weight excluding hydrogens is 395 g/mol. The number of fused-ring (bicyclic) bond motifs is 1. The minimum atomic E-state index is -0.335. The van der Waals surface area contributed by atoms with Crippen LogP contribution < -0.4 is 16.0 Å². The molecule has 0 spiro atoms. The highest BCUT2D eigenvalue weighted by Gasteiger charge is 2.26. The number of hydrogen-bond donors (Lipinski definition) is 3. The summed E-state index contributed by atoms with van der Waals surface area (Å²) in [4.78, 5) is 22.8. The van der Waals surface area contributed by atoms with Crippen molar-refractivity contribution in [2.75, 3.05) is 29.5 Å². The lowest BCUT2D eigenvalue weighted by atomic mass is 10.00. The molecule has 7 nitrogen and oxygen atoms in total. The molecule has 8 heteroatoms. The van der Waals surface area contributed by atoms with Gasteiger partial charge in [-0.1, -0.05) is 12.1 Å². The predicted octanol–water partition coefficient (Wildman–Crippen LogP) is 3.10. The Hall–Kier alpha value is -3.81. The van der Waals surface area contributed by atoms with Crippen molar-refractivity contribution in [2.45, 2.75) is 19.8 Å². The molecule has 1 amide bonds. The van der Waals surface area contributed by atoms with Crippen molar-refractivity contribution in [2.24, 2.45) is 0 Å².